The van der Waals surface area contributed by atoms with Crippen molar-refractivity contribution in [2.45, 2.75) is 11.8 Å². The van der Waals surface area contributed by atoms with Crippen LogP contribution in [0, 0.1) is 11.6 Å². The number of carbonyl (C=O) groups is 2. The summed E-state index contributed by atoms with van der Waals surface area (Å²) in [5.41, 5.74) is 2.15. The highest BCUT2D eigenvalue weighted by Crippen LogP contribution is 2.25. The number of nitrogens with one attached hydrogen (secondary N) is 1. The summed E-state index contributed by atoms with van der Waals surface area (Å²) >= 11 is 0.756. The monoisotopic (exact) mass is 380 g/mol. The zero-order valence-electron chi connectivity index (χ0n) is 13.5. The summed E-state index contributed by atoms with van der Waals surface area (Å²) in [4.78, 5) is 23.6. The number of nitrogens with zero attached hydrogens (tertiary/aromatic N) is 1. The van der Waals surface area contributed by atoms with Crippen molar-refractivity contribution in [3.8, 4) is 0 Å². The van der Waals surface area contributed by atoms with Crippen molar-refractivity contribution in [3.05, 3.63) is 59.7 Å². The predicted octanol–water partition coefficient (Wildman–Crippen LogP) is 3.74. The van der Waals surface area contributed by atoms with E-state index in [2.05, 4.69) is 10.5 Å². The van der Waals surface area contributed by atoms with Crippen LogP contribution in [0.5, 0.6) is 0 Å². The van der Waals surface area contributed by atoms with Gasteiger partial charge in [0.2, 0.25) is 5.04 Å². The molecule has 0 radical (unpaired) electrons. The van der Waals surface area contributed by atoms with Crippen LogP contribution in [0.3, 0.4) is 0 Å². The van der Waals surface area contributed by atoms with Gasteiger partial charge >= 0.3 is 11.9 Å². The van der Waals surface area contributed by atoms with Gasteiger partial charge in [-0.25, -0.2) is 18.4 Å². The zero-order chi connectivity index (χ0) is 19.1. The van der Waals surface area contributed by atoms with E-state index in [4.69, 9.17) is 4.74 Å². The number of rotatable bonds is 5. The number of thioether (sulfide) groups is 1. The number of hydrogen-bond donors (Lipinski definition) is 2. The number of esters is 1. The van der Waals surface area contributed by atoms with Crippen molar-refractivity contribution in [1.29, 1.82) is 0 Å². The Labute approximate surface area is 151 Å². The SMILES string of the molecule is CCOC(=O)C(=NNc1ccc(F)cc1F)Sc1ccccc1C(=O)O. The van der Waals surface area contributed by atoms with E-state index in [0.29, 0.717) is 6.07 Å². The molecule has 0 bridgehead atoms. The molecule has 0 amide bonds. The topological polar surface area (TPSA) is 88.0 Å². The molecule has 0 heterocycles. The molecular formula is C17H14F2N2O4S. The van der Waals surface area contributed by atoms with E-state index in [1.54, 1.807) is 19.1 Å². The van der Waals surface area contributed by atoms with Gasteiger partial charge in [0.25, 0.3) is 0 Å². The number of anilines is 1. The van der Waals surface area contributed by atoms with Crippen LogP contribution in [0.15, 0.2) is 52.5 Å². The smallest absolute Gasteiger partial charge is 0.365 e. The molecule has 0 unspecified atom stereocenters. The van der Waals surface area contributed by atoms with Crippen molar-refractivity contribution < 1.29 is 28.2 Å². The first-order chi connectivity index (χ1) is 12.4. The Morgan fingerprint density at radius 1 is 1.23 bits per heavy atom. The summed E-state index contributed by atoms with van der Waals surface area (Å²) in [6.07, 6.45) is 0. The molecule has 0 saturated carbocycles. The van der Waals surface area contributed by atoms with Gasteiger partial charge in [-0.2, -0.15) is 5.10 Å². The molecule has 0 aliphatic carbocycles. The molecule has 26 heavy (non-hydrogen) atoms. The van der Waals surface area contributed by atoms with E-state index in [9.17, 15) is 23.5 Å². The summed E-state index contributed by atoms with van der Waals surface area (Å²) in [6, 6.07) is 8.83. The number of hydrogen-bond acceptors (Lipinski definition) is 6. The van der Waals surface area contributed by atoms with Crippen LogP contribution >= 0.6 is 11.8 Å². The second-order valence-electron chi connectivity index (χ2n) is 4.78. The second-order valence-corrected chi connectivity index (χ2v) is 5.81. The first kappa shape index (κ1) is 19.4. The highest BCUT2D eigenvalue weighted by molar-refractivity contribution is 8.15. The minimum absolute atomic E-state index is 0.0255. The van der Waals surface area contributed by atoms with Crippen molar-refractivity contribution in [1.82, 2.24) is 0 Å². The Kier molecular flexibility index (Phi) is 6.67. The minimum Gasteiger partial charge on any atom is -0.478 e. The lowest BCUT2D eigenvalue weighted by atomic mass is 10.2. The van der Waals surface area contributed by atoms with E-state index in [1.165, 1.54) is 12.1 Å². The Bertz CT molecular complexity index is 858. The molecule has 136 valence electrons. The fourth-order valence-corrected chi connectivity index (χ4v) is 2.68. The van der Waals surface area contributed by atoms with Gasteiger partial charge in [-0.15, -0.1) is 0 Å². The third kappa shape index (κ3) is 5.03. The highest BCUT2D eigenvalue weighted by atomic mass is 32.2. The third-order valence-corrected chi connectivity index (χ3v) is 4.01. The van der Waals surface area contributed by atoms with Gasteiger partial charge in [0.15, 0.2) is 5.82 Å². The van der Waals surface area contributed by atoms with Crippen molar-refractivity contribution in [3.63, 3.8) is 0 Å². The second kappa shape index (κ2) is 8.95. The molecule has 2 N–H and O–H groups in total. The average molecular weight is 380 g/mol. The van der Waals surface area contributed by atoms with Crippen molar-refractivity contribution in [2.75, 3.05) is 12.0 Å². The molecule has 0 atom stereocenters. The Hall–Kier alpha value is -2.94. The maximum atomic E-state index is 13.7. The van der Waals surface area contributed by atoms with Crippen molar-refractivity contribution in [2.24, 2.45) is 5.10 Å². The molecule has 0 aliphatic heterocycles. The van der Waals surface area contributed by atoms with Gasteiger partial charge in [0.05, 0.1) is 17.9 Å². The molecule has 2 rings (SSSR count). The van der Waals surface area contributed by atoms with Crippen LogP contribution in [0.4, 0.5) is 14.5 Å². The van der Waals surface area contributed by atoms with Gasteiger partial charge in [0, 0.05) is 11.0 Å². The molecular weight excluding hydrogens is 366 g/mol. The number of ether oxygens (including phenoxy) is 1. The maximum Gasteiger partial charge on any atom is 0.365 e. The zero-order valence-corrected chi connectivity index (χ0v) is 14.3. The van der Waals surface area contributed by atoms with E-state index in [-0.39, 0.29) is 27.8 Å². The lowest BCUT2D eigenvalue weighted by molar-refractivity contribution is -0.134. The van der Waals surface area contributed by atoms with Crippen LogP contribution in [-0.4, -0.2) is 28.7 Å². The number of hydrazone groups is 1. The Balaban J connectivity index is 2.32. The largest absolute Gasteiger partial charge is 0.478 e. The van der Waals surface area contributed by atoms with E-state index < -0.39 is 23.6 Å². The number of halogens is 2. The van der Waals surface area contributed by atoms with Crippen LogP contribution < -0.4 is 5.43 Å². The standard InChI is InChI=1S/C17H14F2N2O4S/c1-2-25-17(24)15(21-20-13-8-7-10(18)9-12(13)19)26-14-6-4-3-5-11(14)16(22)23/h3-9,20H,2H2,1H3,(H,22,23). The first-order valence-electron chi connectivity index (χ1n) is 7.38. The van der Waals surface area contributed by atoms with Gasteiger partial charge in [0.1, 0.15) is 5.82 Å². The molecule has 0 fully saturated rings. The summed E-state index contributed by atoms with van der Waals surface area (Å²) in [5, 5.41) is 12.8. The number of carboxylic acids is 1. The molecule has 9 heteroatoms. The van der Waals surface area contributed by atoms with Crippen LogP contribution in [0.2, 0.25) is 0 Å². The molecule has 0 aromatic heterocycles. The van der Waals surface area contributed by atoms with Crippen LogP contribution in [-0.2, 0) is 9.53 Å². The van der Waals surface area contributed by atoms with Gasteiger partial charge in [-0.05, 0) is 31.2 Å². The maximum absolute atomic E-state index is 13.7. The minimum atomic E-state index is -1.17. The highest BCUT2D eigenvalue weighted by Gasteiger charge is 2.19. The molecule has 0 spiro atoms. The lowest BCUT2D eigenvalue weighted by Gasteiger charge is -2.09. The number of aromatic carboxylic acids is 1. The Morgan fingerprint density at radius 3 is 2.62 bits per heavy atom. The van der Waals surface area contributed by atoms with Gasteiger partial charge in [-0.1, -0.05) is 23.9 Å². The molecule has 0 aliphatic rings. The van der Waals surface area contributed by atoms with Crippen LogP contribution in [0.25, 0.3) is 0 Å². The fraction of sp³-hybridized carbons (Fsp3) is 0.118. The number of benzene rings is 2. The molecule has 2 aromatic carbocycles. The van der Waals surface area contributed by atoms with Gasteiger partial charge in [-0.3, -0.25) is 5.43 Å². The van der Waals surface area contributed by atoms with Crippen LogP contribution in [0.1, 0.15) is 17.3 Å². The quantitative estimate of drug-likeness (QED) is 0.270. The summed E-state index contributed by atoms with van der Waals surface area (Å²) in [6.45, 7) is 1.67. The third-order valence-electron chi connectivity index (χ3n) is 2.98. The predicted molar refractivity (Wildman–Crippen MR) is 93.3 cm³/mol. The number of carbonyl (C=O) groups excluding carboxylic acids is 1. The summed E-state index contributed by atoms with van der Waals surface area (Å²) < 4.78 is 31.5. The normalized spacial score (nSPS) is 11.1. The molecule has 0 saturated heterocycles. The lowest BCUT2D eigenvalue weighted by Crippen LogP contribution is -2.16. The molecule has 6 nitrogen and oxygen atoms in total. The van der Waals surface area contributed by atoms with E-state index in [1.807, 2.05) is 0 Å². The summed E-state index contributed by atoms with van der Waals surface area (Å²) in [7, 11) is 0. The fourth-order valence-electron chi connectivity index (χ4n) is 1.83. The van der Waals surface area contributed by atoms with Gasteiger partial charge < -0.3 is 9.84 Å². The van der Waals surface area contributed by atoms with Crippen molar-refractivity contribution >= 4 is 34.4 Å². The number of carboxylic acid groups (broad SMARTS) is 1. The first-order valence-corrected chi connectivity index (χ1v) is 8.20. The molecule has 2 aromatic rings. The van der Waals surface area contributed by atoms with E-state index >= 15 is 0 Å². The Morgan fingerprint density at radius 2 is 1.96 bits per heavy atom. The van der Waals surface area contributed by atoms with E-state index in [0.717, 1.165) is 23.9 Å². The average Bonchev–Trinajstić information content (AvgIpc) is 2.60. The summed E-state index contributed by atoms with van der Waals surface area (Å²) in [5.74, 6) is -3.64.